The molecular weight excluding hydrogens is 384 g/mol. The molecule has 0 aromatic heterocycles. The number of thioether (sulfide) groups is 1. The molecule has 10 heteroatoms. The number of carboxylic acid groups (broad SMARTS) is 1. The van der Waals surface area contributed by atoms with Crippen LogP contribution in [0.2, 0.25) is 0 Å². The van der Waals surface area contributed by atoms with Crippen molar-refractivity contribution in [1.82, 2.24) is 15.5 Å². The van der Waals surface area contributed by atoms with Gasteiger partial charge in [-0.2, -0.15) is 11.8 Å². The number of nitrogens with two attached hydrogens (primary N) is 1. The Morgan fingerprint density at radius 3 is 2.43 bits per heavy atom. The summed E-state index contributed by atoms with van der Waals surface area (Å²) in [4.78, 5) is 50.2. The van der Waals surface area contributed by atoms with E-state index in [1.807, 2.05) is 20.1 Å². The van der Waals surface area contributed by atoms with E-state index in [2.05, 4.69) is 10.6 Å². The van der Waals surface area contributed by atoms with Crippen molar-refractivity contribution < 1.29 is 24.3 Å². The van der Waals surface area contributed by atoms with Gasteiger partial charge in [0.1, 0.15) is 18.1 Å². The Bertz CT molecular complexity index is 572. The third-order valence-electron chi connectivity index (χ3n) is 4.62. The maximum atomic E-state index is 12.7. The van der Waals surface area contributed by atoms with Crippen LogP contribution in [0, 0.1) is 5.92 Å². The van der Waals surface area contributed by atoms with Gasteiger partial charge in [0.2, 0.25) is 17.7 Å². The van der Waals surface area contributed by atoms with Crippen molar-refractivity contribution in [3.05, 3.63) is 0 Å². The summed E-state index contributed by atoms with van der Waals surface area (Å²) in [7, 11) is 0. The molecule has 0 aromatic rings. The third-order valence-corrected chi connectivity index (χ3v) is 5.26. The molecule has 3 atom stereocenters. The van der Waals surface area contributed by atoms with Crippen molar-refractivity contribution in [3.8, 4) is 0 Å². The first-order valence-corrected chi connectivity index (χ1v) is 10.9. The number of aliphatic carboxylic acids is 1. The Labute approximate surface area is 170 Å². The van der Waals surface area contributed by atoms with Crippen LogP contribution in [0.25, 0.3) is 0 Å². The van der Waals surface area contributed by atoms with Crippen molar-refractivity contribution in [2.75, 3.05) is 25.1 Å². The molecule has 0 aromatic carbocycles. The summed E-state index contributed by atoms with van der Waals surface area (Å²) in [6.45, 7) is 4.04. The maximum absolute atomic E-state index is 12.7. The predicted octanol–water partition coefficient (Wildman–Crippen LogP) is -0.210. The van der Waals surface area contributed by atoms with Crippen molar-refractivity contribution in [2.45, 2.75) is 57.7 Å². The normalized spacial score (nSPS) is 18.6. The molecule has 0 bridgehead atoms. The van der Waals surface area contributed by atoms with E-state index in [1.54, 1.807) is 0 Å². The molecule has 1 heterocycles. The second kappa shape index (κ2) is 11.9. The number of nitrogens with zero attached hydrogens (tertiary/aromatic N) is 1. The number of rotatable bonds is 11. The monoisotopic (exact) mass is 416 g/mol. The van der Waals surface area contributed by atoms with Crippen molar-refractivity contribution in [1.29, 1.82) is 0 Å². The van der Waals surface area contributed by atoms with Crippen LogP contribution >= 0.6 is 11.8 Å². The zero-order valence-corrected chi connectivity index (χ0v) is 17.6. The average molecular weight is 417 g/mol. The van der Waals surface area contributed by atoms with Gasteiger partial charge in [-0.05, 0) is 43.6 Å². The summed E-state index contributed by atoms with van der Waals surface area (Å²) in [5, 5.41) is 14.6. The van der Waals surface area contributed by atoms with E-state index in [9.17, 15) is 24.3 Å². The fraction of sp³-hybridized carbons (Fsp3) is 0.778. The van der Waals surface area contributed by atoms with Crippen LogP contribution in [0.4, 0.5) is 0 Å². The first-order chi connectivity index (χ1) is 13.2. The molecule has 5 N–H and O–H groups in total. The van der Waals surface area contributed by atoms with Gasteiger partial charge in [0.25, 0.3) is 0 Å². The van der Waals surface area contributed by atoms with Crippen LogP contribution in [-0.4, -0.2) is 76.9 Å². The first kappa shape index (κ1) is 24.2. The van der Waals surface area contributed by atoms with Crippen LogP contribution in [0.3, 0.4) is 0 Å². The lowest BCUT2D eigenvalue weighted by atomic mass is 10.0. The summed E-state index contributed by atoms with van der Waals surface area (Å²) in [6, 6.07) is -2.51. The van der Waals surface area contributed by atoms with E-state index in [0.717, 1.165) is 0 Å². The van der Waals surface area contributed by atoms with Gasteiger partial charge in [0.05, 0.1) is 6.54 Å². The lowest BCUT2D eigenvalue weighted by molar-refractivity contribution is -0.143. The molecule has 3 unspecified atom stereocenters. The van der Waals surface area contributed by atoms with Crippen LogP contribution < -0.4 is 16.4 Å². The minimum atomic E-state index is -1.10. The highest BCUT2D eigenvalue weighted by Gasteiger charge is 2.35. The molecule has 0 radical (unpaired) electrons. The number of likely N-dealkylation sites (tertiary alicyclic amines) is 1. The second-order valence-corrected chi connectivity index (χ2v) is 8.31. The lowest BCUT2D eigenvalue weighted by Crippen LogP contribution is -2.56. The molecular formula is C18H32N4O5S. The number of amides is 3. The third kappa shape index (κ3) is 7.31. The SMILES string of the molecule is CSCCC(NC(=O)C1CCCN1C(=O)CN)C(=O)NC(CC(C)C)C(=O)O. The molecule has 1 aliphatic heterocycles. The zero-order valence-electron chi connectivity index (χ0n) is 16.8. The van der Waals surface area contributed by atoms with Crippen molar-refractivity contribution in [3.63, 3.8) is 0 Å². The van der Waals surface area contributed by atoms with Crippen LogP contribution in [-0.2, 0) is 19.2 Å². The van der Waals surface area contributed by atoms with Crippen LogP contribution in [0.5, 0.6) is 0 Å². The van der Waals surface area contributed by atoms with E-state index in [4.69, 9.17) is 5.73 Å². The van der Waals surface area contributed by atoms with Gasteiger partial charge in [-0.3, -0.25) is 14.4 Å². The fourth-order valence-electron chi connectivity index (χ4n) is 3.19. The molecule has 1 saturated heterocycles. The van der Waals surface area contributed by atoms with Gasteiger partial charge >= 0.3 is 5.97 Å². The summed E-state index contributed by atoms with van der Waals surface area (Å²) in [5.41, 5.74) is 5.41. The van der Waals surface area contributed by atoms with Crippen LogP contribution in [0.15, 0.2) is 0 Å². The van der Waals surface area contributed by atoms with Gasteiger partial charge in [0.15, 0.2) is 0 Å². The molecule has 0 saturated carbocycles. The van der Waals surface area contributed by atoms with Crippen molar-refractivity contribution in [2.24, 2.45) is 11.7 Å². The number of carbonyl (C=O) groups excluding carboxylic acids is 3. The largest absolute Gasteiger partial charge is 0.480 e. The molecule has 160 valence electrons. The number of carboxylic acids is 1. The average Bonchev–Trinajstić information content (AvgIpc) is 3.13. The molecule has 0 spiro atoms. The van der Waals surface area contributed by atoms with E-state index >= 15 is 0 Å². The van der Waals surface area contributed by atoms with Gasteiger partial charge in [-0.1, -0.05) is 13.8 Å². The summed E-state index contributed by atoms with van der Waals surface area (Å²) >= 11 is 1.52. The molecule has 28 heavy (non-hydrogen) atoms. The Balaban J connectivity index is 2.83. The van der Waals surface area contributed by atoms with Gasteiger partial charge < -0.3 is 26.4 Å². The molecule has 1 aliphatic rings. The Kier molecular flexibility index (Phi) is 10.3. The quantitative estimate of drug-likeness (QED) is 0.365. The highest BCUT2D eigenvalue weighted by molar-refractivity contribution is 7.98. The van der Waals surface area contributed by atoms with E-state index < -0.39 is 35.9 Å². The minimum Gasteiger partial charge on any atom is -0.480 e. The molecule has 1 rings (SSSR count). The Morgan fingerprint density at radius 2 is 1.89 bits per heavy atom. The molecule has 3 amide bonds. The summed E-state index contributed by atoms with van der Waals surface area (Å²) < 4.78 is 0. The highest BCUT2D eigenvalue weighted by atomic mass is 32.2. The number of carbonyl (C=O) groups is 4. The summed E-state index contributed by atoms with van der Waals surface area (Å²) in [6.07, 6.45) is 3.75. The van der Waals surface area contributed by atoms with E-state index in [-0.39, 0.29) is 18.4 Å². The van der Waals surface area contributed by atoms with Gasteiger partial charge in [-0.15, -0.1) is 0 Å². The van der Waals surface area contributed by atoms with Crippen molar-refractivity contribution >= 4 is 35.5 Å². The Hall–Kier alpha value is -1.81. The standard InChI is InChI=1S/C18H32N4O5S/c1-11(2)9-13(18(26)27)21-16(24)12(6-8-28-3)20-17(25)14-5-4-7-22(14)15(23)10-19/h11-14H,4-10,19H2,1-3H3,(H,20,25)(H,21,24)(H,26,27). The van der Waals surface area contributed by atoms with Gasteiger partial charge in [-0.25, -0.2) is 4.79 Å². The predicted molar refractivity (Wildman–Crippen MR) is 108 cm³/mol. The second-order valence-electron chi connectivity index (χ2n) is 7.32. The lowest BCUT2D eigenvalue weighted by Gasteiger charge is -2.27. The highest BCUT2D eigenvalue weighted by Crippen LogP contribution is 2.18. The first-order valence-electron chi connectivity index (χ1n) is 9.53. The Morgan fingerprint density at radius 1 is 1.21 bits per heavy atom. The number of nitrogens with one attached hydrogen (secondary N) is 2. The van der Waals surface area contributed by atoms with Gasteiger partial charge in [0, 0.05) is 6.54 Å². The topological polar surface area (TPSA) is 142 Å². The van der Waals surface area contributed by atoms with E-state index in [1.165, 1.54) is 16.7 Å². The number of hydrogen-bond donors (Lipinski definition) is 4. The van der Waals surface area contributed by atoms with Crippen LogP contribution in [0.1, 0.15) is 39.5 Å². The smallest absolute Gasteiger partial charge is 0.326 e. The fourth-order valence-corrected chi connectivity index (χ4v) is 3.66. The molecule has 0 aliphatic carbocycles. The zero-order chi connectivity index (χ0) is 21.3. The molecule has 1 fully saturated rings. The van der Waals surface area contributed by atoms with E-state index in [0.29, 0.717) is 38.0 Å². The maximum Gasteiger partial charge on any atom is 0.326 e. The minimum absolute atomic E-state index is 0.0926. The number of hydrogen-bond acceptors (Lipinski definition) is 6. The molecule has 9 nitrogen and oxygen atoms in total. The summed E-state index contributed by atoms with van der Waals surface area (Å²) in [5.74, 6) is -1.62.